The lowest BCUT2D eigenvalue weighted by Crippen LogP contribution is -2.01. The molecular weight excluding hydrogens is 198 g/mol. The highest BCUT2D eigenvalue weighted by molar-refractivity contribution is 5.63. The van der Waals surface area contributed by atoms with Gasteiger partial charge in [0.25, 0.3) is 0 Å². The molecule has 0 bridgehead atoms. The molecule has 0 aliphatic carbocycles. The average Bonchev–Trinajstić information content (AvgIpc) is 2.22. The molecular formula is C10H13NO4. The van der Waals surface area contributed by atoms with Gasteiger partial charge in [0.15, 0.2) is 12.5 Å². The number of phenols is 1. The van der Waals surface area contributed by atoms with E-state index in [4.69, 9.17) is 9.47 Å². The highest BCUT2D eigenvalue weighted by Crippen LogP contribution is 2.37. The molecule has 0 amide bonds. The maximum atomic E-state index is 10.5. The van der Waals surface area contributed by atoms with Crippen LogP contribution in [-0.4, -0.2) is 19.0 Å². The zero-order valence-corrected chi connectivity index (χ0v) is 8.90. The molecule has 0 saturated heterocycles. The lowest BCUT2D eigenvalue weighted by Gasteiger charge is -2.12. The van der Waals surface area contributed by atoms with Crippen molar-refractivity contribution in [3.8, 4) is 11.5 Å². The van der Waals surface area contributed by atoms with Crippen LogP contribution in [0.25, 0.3) is 0 Å². The van der Waals surface area contributed by atoms with Crippen molar-refractivity contribution in [3.63, 3.8) is 0 Å². The third kappa shape index (κ3) is 2.24. The molecule has 0 aliphatic rings. The first-order valence-corrected chi connectivity index (χ1v) is 4.40. The summed E-state index contributed by atoms with van der Waals surface area (Å²) in [5.74, 6) is 0.304. The second-order valence-electron chi connectivity index (χ2n) is 3.13. The molecule has 0 heterocycles. The van der Waals surface area contributed by atoms with Crippen LogP contribution in [0.3, 0.4) is 0 Å². The summed E-state index contributed by atoms with van der Waals surface area (Å²) in [5, 5.41) is 12.2. The summed E-state index contributed by atoms with van der Waals surface area (Å²) >= 11 is 0. The van der Waals surface area contributed by atoms with Gasteiger partial charge in [-0.05, 0) is 30.2 Å². The molecule has 5 heteroatoms. The molecule has 1 aromatic carbocycles. The molecule has 0 atom stereocenters. The van der Waals surface area contributed by atoms with Gasteiger partial charge in [-0.1, -0.05) is 0 Å². The zero-order valence-electron chi connectivity index (χ0n) is 8.90. The number of methoxy groups -OCH3 is 1. The maximum Gasteiger partial charge on any atom is 0.188 e. The van der Waals surface area contributed by atoms with E-state index < -0.39 is 0 Å². The van der Waals surface area contributed by atoms with Gasteiger partial charge in [0.05, 0.1) is 0 Å². The van der Waals surface area contributed by atoms with E-state index in [2.05, 4.69) is 5.18 Å². The van der Waals surface area contributed by atoms with Crippen molar-refractivity contribution in [2.45, 2.75) is 13.8 Å². The Morgan fingerprint density at radius 1 is 1.40 bits per heavy atom. The second-order valence-corrected chi connectivity index (χ2v) is 3.13. The molecule has 0 unspecified atom stereocenters. The fourth-order valence-corrected chi connectivity index (χ4v) is 1.24. The number of hydrogen-bond donors (Lipinski definition) is 1. The van der Waals surface area contributed by atoms with Gasteiger partial charge in [0.2, 0.25) is 0 Å². The van der Waals surface area contributed by atoms with E-state index in [9.17, 15) is 10.0 Å². The molecule has 0 fully saturated rings. The summed E-state index contributed by atoms with van der Waals surface area (Å²) < 4.78 is 9.97. The molecule has 5 nitrogen and oxygen atoms in total. The Bertz CT molecular complexity index is 376. The van der Waals surface area contributed by atoms with Gasteiger partial charge in [-0.25, -0.2) is 0 Å². The van der Waals surface area contributed by atoms with Crippen molar-refractivity contribution < 1.29 is 14.6 Å². The Hall–Kier alpha value is -1.62. The molecule has 1 N–H and O–H groups in total. The molecule has 0 radical (unpaired) electrons. The van der Waals surface area contributed by atoms with Crippen molar-refractivity contribution in [2.75, 3.05) is 13.9 Å². The van der Waals surface area contributed by atoms with Crippen LogP contribution in [0.1, 0.15) is 11.1 Å². The van der Waals surface area contributed by atoms with Crippen LogP contribution in [0.15, 0.2) is 11.2 Å². The SMILES string of the molecule is COCOc1cc(O)c(N=O)c(C)c1C. The Morgan fingerprint density at radius 3 is 2.60 bits per heavy atom. The van der Waals surface area contributed by atoms with E-state index in [1.165, 1.54) is 13.2 Å². The monoisotopic (exact) mass is 211 g/mol. The number of hydrogen-bond acceptors (Lipinski definition) is 5. The van der Waals surface area contributed by atoms with E-state index in [-0.39, 0.29) is 18.2 Å². The Balaban J connectivity index is 3.15. The highest BCUT2D eigenvalue weighted by atomic mass is 16.7. The summed E-state index contributed by atoms with van der Waals surface area (Å²) in [4.78, 5) is 10.5. The first kappa shape index (κ1) is 11.5. The lowest BCUT2D eigenvalue weighted by atomic mass is 10.1. The second kappa shape index (κ2) is 4.75. The number of aromatic hydroxyl groups is 1. The normalized spacial score (nSPS) is 10.1. The van der Waals surface area contributed by atoms with Crippen molar-refractivity contribution >= 4 is 5.69 Å². The summed E-state index contributed by atoms with van der Waals surface area (Å²) in [7, 11) is 1.50. The number of rotatable bonds is 4. The van der Waals surface area contributed by atoms with Crippen LogP contribution in [0.4, 0.5) is 5.69 Å². The van der Waals surface area contributed by atoms with Crippen molar-refractivity contribution in [3.05, 3.63) is 22.1 Å². The van der Waals surface area contributed by atoms with Crippen LogP contribution < -0.4 is 4.74 Å². The molecule has 0 spiro atoms. The summed E-state index contributed by atoms with van der Waals surface area (Å²) in [6.45, 7) is 3.58. The Kier molecular flexibility index (Phi) is 3.62. The molecule has 0 saturated carbocycles. The van der Waals surface area contributed by atoms with Crippen molar-refractivity contribution in [2.24, 2.45) is 5.18 Å². The van der Waals surface area contributed by atoms with Crippen LogP contribution in [0.2, 0.25) is 0 Å². The van der Waals surface area contributed by atoms with Crippen LogP contribution in [0.5, 0.6) is 11.5 Å². The van der Waals surface area contributed by atoms with Gasteiger partial charge in [-0.3, -0.25) is 0 Å². The molecule has 0 aromatic heterocycles. The molecule has 0 aliphatic heterocycles. The fourth-order valence-electron chi connectivity index (χ4n) is 1.24. The zero-order chi connectivity index (χ0) is 11.4. The van der Waals surface area contributed by atoms with Gasteiger partial charge in [-0.15, -0.1) is 4.91 Å². The molecule has 15 heavy (non-hydrogen) atoms. The minimum Gasteiger partial charge on any atom is -0.505 e. The highest BCUT2D eigenvalue weighted by Gasteiger charge is 2.13. The number of nitroso groups, excluding NO2 is 1. The minimum atomic E-state index is -0.181. The van der Waals surface area contributed by atoms with Crippen LogP contribution in [-0.2, 0) is 4.74 Å². The van der Waals surface area contributed by atoms with E-state index >= 15 is 0 Å². The summed E-state index contributed by atoms with van der Waals surface area (Å²) in [5.41, 5.74) is 1.42. The van der Waals surface area contributed by atoms with E-state index in [1.54, 1.807) is 13.8 Å². The number of nitrogens with zero attached hydrogens (tertiary/aromatic N) is 1. The first-order chi connectivity index (χ1) is 7.11. The smallest absolute Gasteiger partial charge is 0.188 e. The largest absolute Gasteiger partial charge is 0.505 e. The Morgan fingerprint density at radius 2 is 2.07 bits per heavy atom. The first-order valence-electron chi connectivity index (χ1n) is 4.40. The average molecular weight is 211 g/mol. The molecule has 1 rings (SSSR count). The van der Waals surface area contributed by atoms with Crippen LogP contribution in [0, 0.1) is 18.8 Å². The Labute approximate surface area is 87.6 Å². The van der Waals surface area contributed by atoms with E-state index in [0.29, 0.717) is 11.3 Å². The predicted octanol–water partition coefficient (Wildman–Crippen LogP) is 2.39. The standard InChI is InChI=1S/C10H13NO4/c1-6-7(2)10(11-13)8(12)4-9(6)15-5-14-3/h4,12H,5H2,1-3H3. The summed E-state index contributed by atoms with van der Waals surface area (Å²) in [6, 6.07) is 1.36. The van der Waals surface area contributed by atoms with E-state index in [0.717, 1.165) is 5.56 Å². The van der Waals surface area contributed by atoms with Crippen molar-refractivity contribution in [1.82, 2.24) is 0 Å². The number of ether oxygens (including phenoxy) is 2. The van der Waals surface area contributed by atoms with Crippen LogP contribution >= 0.6 is 0 Å². The predicted molar refractivity (Wildman–Crippen MR) is 55.5 cm³/mol. The topological polar surface area (TPSA) is 68.1 Å². The lowest BCUT2D eigenvalue weighted by molar-refractivity contribution is 0.0504. The third-order valence-corrected chi connectivity index (χ3v) is 2.22. The van der Waals surface area contributed by atoms with Crippen molar-refractivity contribution in [1.29, 1.82) is 0 Å². The number of phenolic OH excluding ortho intramolecular Hbond substituents is 1. The van der Waals surface area contributed by atoms with Gasteiger partial charge >= 0.3 is 0 Å². The molecule has 1 aromatic rings. The van der Waals surface area contributed by atoms with Gasteiger partial charge < -0.3 is 14.6 Å². The fraction of sp³-hybridized carbons (Fsp3) is 0.400. The maximum absolute atomic E-state index is 10.5. The molecule has 82 valence electrons. The third-order valence-electron chi connectivity index (χ3n) is 2.22. The van der Waals surface area contributed by atoms with Gasteiger partial charge in [0.1, 0.15) is 11.5 Å². The quantitative estimate of drug-likeness (QED) is 0.613. The number of benzene rings is 1. The van der Waals surface area contributed by atoms with Gasteiger partial charge in [-0.2, -0.15) is 0 Å². The minimum absolute atomic E-state index is 0.0530. The van der Waals surface area contributed by atoms with Gasteiger partial charge in [0, 0.05) is 13.2 Å². The van der Waals surface area contributed by atoms with E-state index in [1.807, 2.05) is 0 Å². The summed E-state index contributed by atoms with van der Waals surface area (Å²) in [6.07, 6.45) is 0.